The molecule has 0 radical (unpaired) electrons. The highest BCUT2D eigenvalue weighted by Crippen LogP contribution is 2.26. The molecule has 0 heterocycles. The maximum absolute atomic E-state index is 3.60. The Morgan fingerprint density at radius 1 is 1.05 bits per heavy atom. The highest BCUT2D eigenvalue weighted by molar-refractivity contribution is 9.10. The molecule has 112 valence electrons. The third-order valence-electron chi connectivity index (χ3n) is 3.82. The third-order valence-corrected chi connectivity index (χ3v) is 4.28. The average Bonchev–Trinajstić information content (AvgIpc) is 2.46. The van der Waals surface area contributed by atoms with Gasteiger partial charge in [-0.1, -0.05) is 59.6 Å². The van der Waals surface area contributed by atoms with E-state index in [4.69, 9.17) is 0 Å². The minimum absolute atomic E-state index is 0.237. The summed E-state index contributed by atoms with van der Waals surface area (Å²) >= 11 is 3.60. The first-order valence-electron chi connectivity index (χ1n) is 7.67. The van der Waals surface area contributed by atoms with Gasteiger partial charge in [-0.05, 0) is 61.2 Å². The molecule has 2 aromatic rings. The van der Waals surface area contributed by atoms with Crippen molar-refractivity contribution in [3.05, 3.63) is 69.2 Å². The van der Waals surface area contributed by atoms with E-state index < -0.39 is 0 Å². The van der Waals surface area contributed by atoms with E-state index in [0.29, 0.717) is 0 Å². The van der Waals surface area contributed by atoms with E-state index in [2.05, 4.69) is 77.6 Å². The van der Waals surface area contributed by atoms with Crippen LogP contribution in [-0.4, -0.2) is 7.05 Å². The van der Waals surface area contributed by atoms with E-state index in [1.807, 2.05) is 7.05 Å². The van der Waals surface area contributed by atoms with E-state index in [9.17, 15) is 0 Å². The summed E-state index contributed by atoms with van der Waals surface area (Å²) < 4.78 is 1.14. The number of benzene rings is 2. The largest absolute Gasteiger partial charge is 0.309 e. The maximum atomic E-state index is 3.60. The Hall–Kier alpha value is -1.12. The Morgan fingerprint density at radius 2 is 1.76 bits per heavy atom. The smallest absolute Gasteiger partial charge is 0.0574 e. The third kappa shape index (κ3) is 4.42. The van der Waals surface area contributed by atoms with Gasteiger partial charge in [0.2, 0.25) is 0 Å². The van der Waals surface area contributed by atoms with E-state index in [-0.39, 0.29) is 6.04 Å². The van der Waals surface area contributed by atoms with Crippen LogP contribution in [0.25, 0.3) is 0 Å². The molecule has 2 rings (SSSR count). The van der Waals surface area contributed by atoms with Gasteiger partial charge in [-0.3, -0.25) is 0 Å². The number of rotatable bonds is 6. The lowest BCUT2D eigenvalue weighted by molar-refractivity contribution is 0.690. The molecule has 1 unspecified atom stereocenters. The number of aryl methyl sites for hydroxylation is 2. The summed E-state index contributed by atoms with van der Waals surface area (Å²) in [6, 6.07) is 15.9. The number of unbranched alkanes of at least 4 members (excludes halogenated alkanes) is 1. The van der Waals surface area contributed by atoms with Gasteiger partial charge in [0.1, 0.15) is 0 Å². The molecule has 0 saturated heterocycles. The Kier molecular flexibility index (Phi) is 6.01. The van der Waals surface area contributed by atoms with E-state index in [0.717, 1.165) is 4.47 Å². The van der Waals surface area contributed by atoms with Crippen LogP contribution in [-0.2, 0) is 6.42 Å². The van der Waals surface area contributed by atoms with Crippen LogP contribution >= 0.6 is 15.9 Å². The van der Waals surface area contributed by atoms with Gasteiger partial charge in [0.15, 0.2) is 0 Å². The quantitative estimate of drug-likeness (QED) is 0.737. The fourth-order valence-electron chi connectivity index (χ4n) is 2.71. The molecule has 21 heavy (non-hydrogen) atoms. The van der Waals surface area contributed by atoms with Crippen molar-refractivity contribution in [3.63, 3.8) is 0 Å². The molecule has 2 aromatic carbocycles. The van der Waals surface area contributed by atoms with Crippen molar-refractivity contribution in [2.75, 3.05) is 7.05 Å². The van der Waals surface area contributed by atoms with E-state index in [1.54, 1.807) is 0 Å². The Bertz CT molecular complexity index is 554. The second-order valence-electron chi connectivity index (χ2n) is 5.63. The predicted molar refractivity (Wildman–Crippen MR) is 94.8 cm³/mol. The molecular weight excluding hydrogens is 322 g/mol. The summed E-state index contributed by atoms with van der Waals surface area (Å²) in [7, 11) is 2.02. The molecule has 0 aliphatic rings. The minimum Gasteiger partial charge on any atom is -0.309 e. The molecular formula is C19H24BrN. The zero-order valence-corrected chi connectivity index (χ0v) is 14.7. The number of hydrogen-bond acceptors (Lipinski definition) is 1. The highest BCUT2D eigenvalue weighted by atomic mass is 79.9. The van der Waals surface area contributed by atoms with Crippen molar-refractivity contribution >= 4 is 15.9 Å². The summed E-state index contributed by atoms with van der Waals surface area (Å²) in [6.45, 7) is 4.37. The fourth-order valence-corrected chi connectivity index (χ4v) is 3.34. The van der Waals surface area contributed by atoms with Gasteiger partial charge in [0.05, 0.1) is 6.04 Å². The van der Waals surface area contributed by atoms with Crippen molar-refractivity contribution in [1.29, 1.82) is 0 Å². The monoisotopic (exact) mass is 345 g/mol. The Morgan fingerprint density at radius 3 is 2.33 bits per heavy atom. The maximum Gasteiger partial charge on any atom is 0.0574 e. The lowest BCUT2D eigenvalue weighted by atomic mass is 9.96. The predicted octanol–water partition coefficient (Wildman–Crippen LogP) is 5.41. The van der Waals surface area contributed by atoms with Crippen LogP contribution < -0.4 is 5.32 Å². The van der Waals surface area contributed by atoms with Crippen LogP contribution in [0, 0.1) is 6.92 Å². The van der Waals surface area contributed by atoms with Gasteiger partial charge in [-0.2, -0.15) is 0 Å². The number of halogens is 1. The lowest BCUT2D eigenvalue weighted by Crippen LogP contribution is -2.17. The summed E-state index contributed by atoms with van der Waals surface area (Å²) in [5.74, 6) is 0. The van der Waals surface area contributed by atoms with Gasteiger partial charge in [0, 0.05) is 4.47 Å². The number of nitrogens with one attached hydrogen (secondary N) is 1. The lowest BCUT2D eigenvalue weighted by Gasteiger charge is -2.18. The molecule has 1 nitrogen and oxygen atoms in total. The average molecular weight is 346 g/mol. The van der Waals surface area contributed by atoms with Crippen molar-refractivity contribution < 1.29 is 0 Å². The standard InChI is InChI=1S/C19H24BrN/c1-4-5-6-15-7-9-16(10-8-15)19(21-3)17-11-14(2)12-18(20)13-17/h7-13,19,21H,4-6H2,1-3H3. The van der Waals surface area contributed by atoms with E-state index in [1.165, 1.54) is 41.5 Å². The van der Waals surface area contributed by atoms with Crippen LogP contribution in [0.4, 0.5) is 0 Å². The van der Waals surface area contributed by atoms with Crippen molar-refractivity contribution in [3.8, 4) is 0 Å². The number of hydrogen-bond donors (Lipinski definition) is 1. The molecule has 0 aliphatic heterocycles. The molecule has 0 fully saturated rings. The minimum atomic E-state index is 0.237. The molecule has 0 aromatic heterocycles. The first kappa shape index (κ1) is 16.3. The topological polar surface area (TPSA) is 12.0 Å². The van der Waals surface area contributed by atoms with Crippen LogP contribution in [0.5, 0.6) is 0 Å². The summed E-state index contributed by atoms with van der Waals surface area (Å²) in [6.07, 6.45) is 3.69. The Balaban J connectivity index is 2.24. The van der Waals surface area contributed by atoms with Crippen LogP contribution in [0.2, 0.25) is 0 Å². The van der Waals surface area contributed by atoms with Gasteiger partial charge < -0.3 is 5.32 Å². The molecule has 1 N–H and O–H groups in total. The molecule has 0 amide bonds. The summed E-state index contributed by atoms with van der Waals surface area (Å²) in [5, 5.41) is 3.43. The summed E-state index contributed by atoms with van der Waals surface area (Å²) in [5.41, 5.74) is 5.32. The second kappa shape index (κ2) is 7.77. The molecule has 0 spiro atoms. The van der Waals surface area contributed by atoms with Crippen molar-refractivity contribution in [1.82, 2.24) is 5.32 Å². The first-order valence-corrected chi connectivity index (χ1v) is 8.46. The van der Waals surface area contributed by atoms with Crippen LogP contribution in [0.15, 0.2) is 46.9 Å². The van der Waals surface area contributed by atoms with Crippen molar-refractivity contribution in [2.24, 2.45) is 0 Å². The Labute approximate surface area is 136 Å². The normalized spacial score (nSPS) is 12.4. The van der Waals surface area contributed by atoms with Crippen LogP contribution in [0.3, 0.4) is 0 Å². The second-order valence-corrected chi connectivity index (χ2v) is 6.54. The van der Waals surface area contributed by atoms with Gasteiger partial charge in [-0.25, -0.2) is 0 Å². The molecule has 2 heteroatoms. The van der Waals surface area contributed by atoms with Crippen molar-refractivity contribution in [2.45, 2.75) is 39.2 Å². The van der Waals surface area contributed by atoms with Gasteiger partial charge in [0.25, 0.3) is 0 Å². The van der Waals surface area contributed by atoms with E-state index >= 15 is 0 Å². The SMILES string of the molecule is CCCCc1ccc(C(NC)c2cc(C)cc(Br)c2)cc1. The molecule has 0 bridgehead atoms. The zero-order chi connectivity index (χ0) is 15.2. The fraction of sp³-hybridized carbons (Fsp3) is 0.368. The molecule has 0 aliphatic carbocycles. The van der Waals surface area contributed by atoms with Gasteiger partial charge in [-0.15, -0.1) is 0 Å². The molecule has 0 saturated carbocycles. The summed E-state index contributed by atoms with van der Waals surface area (Å²) in [4.78, 5) is 0. The highest BCUT2D eigenvalue weighted by Gasteiger charge is 2.12. The molecule has 1 atom stereocenters. The van der Waals surface area contributed by atoms with Crippen LogP contribution in [0.1, 0.15) is 48.1 Å². The zero-order valence-electron chi connectivity index (χ0n) is 13.1. The van der Waals surface area contributed by atoms with Gasteiger partial charge >= 0.3 is 0 Å². The first-order chi connectivity index (χ1) is 10.1.